The molecule has 0 N–H and O–H groups in total. The van der Waals surface area contributed by atoms with Crippen molar-refractivity contribution in [3.63, 3.8) is 0 Å². The van der Waals surface area contributed by atoms with Crippen LogP contribution in [0.3, 0.4) is 0 Å². The molecular formula is C21H28N2O2. The van der Waals surface area contributed by atoms with Crippen molar-refractivity contribution in [1.82, 2.24) is 9.47 Å². The molecule has 2 aromatic rings. The third-order valence-corrected chi connectivity index (χ3v) is 5.35. The predicted molar refractivity (Wildman–Crippen MR) is 101 cm³/mol. The molecule has 1 aliphatic rings. The Morgan fingerprint density at radius 2 is 1.80 bits per heavy atom. The summed E-state index contributed by atoms with van der Waals surface area (Å²) in [5, 5.41) is 0.952. The Balaban J connectivity index is 1.91. The van der Waals surface area contributed by atoms with Crippen molar-refractivity contribution in [3.05, 3.63) is 36.0 Å². The third-order valence-electron chi connectivity index (χ3n) is 5.35. The highest BCUT2D eigenvalue weighted by Gasteiger charge is 2.29. The summed E-state index contributed by atoms with van der Waals surface area (Å²) in [6.07, 6.45) is 6.59. The molecule has 2 unspecified atom stereocenters. The SMILES string of the molecule is CCCC(=O)c1cn(CC(=O)N2C(C)CCCC2C)c2ccccc12. The topological polar surface area (TPSA) is 42.3 Å². The first-order chi connectivity index (χ1) is 12.0. The number of fused-ring (bicyclic) bond motifs is 1. The lowest BCUT2D eigenvalue weighted by Gasteiger charge is -2.39. The van der Waals surface area contributed by atoms with Gasteiger partial charge in [-0.3, -0.25) is 9.59 Å². The number of hydrogen-bond donors (Lipinski definition) is 0. The molecule has 0 aliphatic carbocycles. The summed E-state index contributed by atoms with van der Waals surface area (Å²) in [6, 6.07) is 8.47. The zero-order chi connectivity index (χ0) is 18.0. The molecule has 1 aliphatic heterocycles. The molecule has 1 amide bonds. The highest BCUT2D eigenvalue weighted by molar-refractivity contribution is 6.08. The molecule has 25 heavy (non-hydrogen) atoms. The fourth-order valence-electron chi connectivity index (χ4n) is 4.10. The summed E-state index contributed by atoms with van der Waals surface area (Å²) in [4.78, 5) is 27.4. The molecule has 0 bridgehead atoms. The molecular weight excluding hydrogens is 312 g/mol. The zero-order valence-electron chi connectivity index (χ0n) is 15.5. The van der Waals surface area contributed by atoms with Crippen LogP contribution in [0.4, 0.5) is 0 Å². The molecule has 1 aromatic heterocycles. The molecule has 2 atom stereocenters. The van der Waals surface area contributed by atoms with E-state index in [9.17, 15) is 9.59 Å². The number of rotatable bonds is 5. The first-order valence-electron chi connectivity index (χ1n) is 9.45. The lowest BCUT2D eigenvalue weighted by atomic mass is 9.97. The number of benzene rings is 1. The minimum absolute atomic E-state index is 0.148. The van der Waals surface area contributed by atoms with Crippen LogP contribution in [0.15, 0.2) is 30.5 Å². The van der Waals surface area contributed by atoms with Gasteiger partial charge < -0.3 is 9.47 Å². The van der Waals surface area contributed by atoms with Gasteiger partial charge in [0.2, 0.25) is 5.91 Å². The van der Waals surface area contributed by atoms with E-state index in [0.29, 0.717) is 25.0 Å². The van der Waals surface area contributed by atoms with Gasteiger partial charge in [-0.15, -0.1) is 0 Å². The van der Waals surface area contributed by atoms with Crippen LogP contribution in [-0.4, -0.2) is 33.2 Å². The first-order valence-corrected chi connectivity index (χ1v) is 9.45. The minimum Gasteiger partial charge on any atom is -0.337 e. The summed E-state index contributed by atoms with van der Waals surface area (Å²) in [7, 11) is 0. The summed E-state index contributed by atoms with van der Waals surface area (Å²) < 4.78 is 1.95. The number of para-hydroxylation sites is 1. The number of piperidine rings is 1. The Morgan fingerprint density at radius 3 is 2.48 bits per heavy atom. The van der Waals surface area contributed by atoms with Gasteiger partial charge >= 0.3 is 0 Å². The van der Waals surface area contributed by atoms with Crippen LogP contribution in [0.1, 0.15) is 63.2 Å². The first kappa shape index (κ1) is 17.7. The maximum atomic E-state index is 13.0. The molecule has 4 nitrogen and oxygen atoms in total. The van der Waals surface area contributed by atoms with Crippen molar-refractivity contribution in [2.45, 2.75) is 71.5 Å². The highest BCUT2D eigenvalue weighted by atomic mass is 16.2. The molecule has 4 heteroatoms. The van der Waals surface area contributed by atoms with E-state index in [1.165, 1.54) is 6.42 Å². The van der Waals surface area contributed by atoms with Crippen molar-refractivity contribution in [1.29, 1.82) is 0 Å². The van der Waals surface area contributed by atoms with Crippen LogP contribution in [0.5, 0.6) is 0 Å². The summed E-state index contributed by atoms with van der Waals surface area (Å²) >= 11 is 0. The molecule has 2 heterocycles. The summed E-state index contributed by atoms with van der Waals surface area (Å²) in [5.74, 6) is 0.305. The average molecular weight is 340 g/mol. The largest absolute Gasteiger partial charge is 0.337 e. The fourth-order valence-corrected chi connectivity index (χ4v) is 4.10. The fraction of sp³-hybridized carbons (Fsp3) is 0.524. The van der Waals surface area contributed by atoms with Gasteiger partial charge in [0, 0.05) is 41.2 Å². The second-order valence-electron chi connectivity index (χ2n) is 7.29. The second kappa shape index (κ2) is 7.42. The molecule has 1 fully saturated rings. The number of hydrogen-bond acceptors (Lipinski definition) is 2. The van der Waals surface area contributed by atoms with E-state index in [4.69, 9.17) is 0 Å². The maximum absolute atomic E-state index is 13.0. The van der Waals surface area contributed by atoms with Gasteiger partial charge in [-0.1, -0.05) is 25.1 Å². The molecule has 0 saturated carbocycles. The molecule has 3 rings (SSSR count). The van der Waals surface area contributed by atoms with E-state index in [0.717, 1.165) is 35.7 Å². The molecule has 1 aromatic carbocycles. The van der Waals surface area contributed by atoms with E-state index < -0.39 is 0 Å². The van der Waals surface area contributed by atoms with Crippen molar-refractivity contribution in [2.24, 2.45) is 0 Å². The van der Waals surface area contributed by atoms with Gasteiger partial charge in [0.25, 0.3) is 0 Å². The Kier molecular flexibility index (Phi) is 5.26. The smallest absolute Gasteiger partial charge is 0.242 e. The van der Waals surface area contributed by atoms with Crippen LogP contribution < -0.4 is 0 Å². The Labute approximate surface area is 149 Å². The van der Waals surface area contributed by atoms with Gasteiger partial charge in [0.05, 0.1) is 0 Å². The van der Waals surface area contributed by atoms with Crippen molar-refractivity contribution in [3.8, 4) is 0 Å². The number of carbonyl (C=O) groups excluding carboxylic acids is 2. The summed E-state index contributed by atoms with van der Waals surface area (Å²) in [5.41, 5.74) is 1.71. The van der Waals surface area contributed by atoms with Crippen LogP contribution in [0.2, 0.25) is 0 Å². The monoisotopic (exact) mass is 340 g/mol. The zero-order valence-corrected chi connectivity index (χ0v) is 15.5. The van der Waals surface area contributed by atoms with Gasteiger partial charge in [0.15, 0.2) is 5.78 Å². The van der Waals surface area contributed by atoms with E-state index >= 15 is 0 Å². The van der Waals surface area contributed by atoms with Gasteiger partial charge in [-0.25, -0.2) is 0 Å². The van der Waals surface area contributed by atoms with Gasteiger partial charge in [0.1, 0.15) is 6.54 Å². The Bertz CT molecular complexity index is 767. The molecule has 134 valence electrons. The third kappa shape index (κ3) is 3.48. The van der Waals surface area contributed by atoms with Gasteiger partial charge in [-0.2, -0.15) is 0 Å². The quantitative estimate of drug-likeness (QED) is 0.757. The van der Waals surface area contributed by atoms with E-state index in [2.05, 4.69) is 13.8 Å². The summed E-state index contributed by atoms with van der Waals surface area (Å²) in [6.45, 7) is 6.59. The van der Waals surface area contributed by atoms with Crippen LogP contribution in [-0.2, 0) is 11.3 Å². The van der Waals surface area contributed by atoms with Crippen LogP contribution in [0, 0.1) is 0 Å². The van der Waals surface area contributed by atoms with Crippen LogP contribution in [0.25, 0.3) is 10.9 Å². The number of amides is 1. The lowest BCUT2D eigenvalue weighted by molar-refractivity contribution is -0.137. The second-order valence-corrected chi connectivity index (χ2v) is 7.29. The number of carbonyl (C=O) groups is 2. The Morgan fingerprint density at radius 1 is 1.12 bits per heavy atom. The highest BCUT2D eigenvalue weighted by Crippen LogP contribution is 2.26. The number of ketones is 1. The van der Waals surface area contributed by atoms with E-state index in [1.54, 1.807) is 0 Å². The Hall–Kier alpha value is -2.10. The standard InChI is InChI=1S/C21H28N2O2/c1-4-8-20(24)18-13-22(19-12-6-5-11-17(18)19)14-21(25)23-15(2)9-7-10-16(23)3/h5-6,11-13,15-16H,4,7-10,14H2,1-3H3. The minimum atomic E-state index is 0.148. The number of nitrogens with zero attached hydrogens (tertiary/aromatic N) is 2. The number of aromatic nitrogens is 1. The van der Waals surface area contributed by atoms with Crippen molar-refractivity contribution < 1.29 is 9.59 Å². The van der Waals surface area contributed by atoms with Crippen molar-refractivity contribution in [2.75, 3.05) is 0 Å². The molecule has 0 radical (unpaired) electrons. The maximum Gasteiger partial charge on any atom is 0.242 e. The predicted octanol–water partition coefficient (Wildman–Crippen LogP) is 4.41. The van der Waals surface area contributed by atoms with E-state index in [-0.39, 0.29) is 11.7 Å². The lowest BCUT2D eigenvalue weighted by Crippen LogP contribution is -2.48. The average Bonchev–Trinajstić information content (AvgIpc) is 2.94. The van der Waals surface area contributed by atoms with E-state index in [1.807, 2.05) is 46.9 Å². The van der Waals surface area contributed by atoms with Crippen LogP contribution >= 0.6 is 0 Å². The molecule has 0 spiro atoms. The van der Waals surface area contributed by atoms with Gasteiger partial charge in [-0.05, 0) is 45.6 Å². The number of likely N-dealkylation sites (tertiary alicyclic amines) is 1. The normalized spacial score (nSPS) is 20.8. The number of Topliss-reactive ketones (excluding diaryl/α,β-unsaturated/α-hetero) is 1. The van der Waals surface area contributed by atoms with Crippen molar-refractivity contribution >= 4 is 22.6 Å². The molecule has 1 saturated heterocycles.